The zero-order valence-corrected chi connectivity index (χ0v) is 17.8. The largest absolute Gasteiger partial charge is 0.493 e. The van der Waals surface area contributed by atoms with Crippen LogP contribution in [0.5, 0.6) is 5.75 Å². The molecule has 1 aromatic heterocycles. The molecule has 8 heteroatoms. The molecule has 0 fully saturated rings. The maximum Gasteiger partial charge on any atom is 0.254 e. The number of rotatable bonds is 2. The molecule has 2 aliphatic rings. The van der Waals surface area contributed by atoms with E-state index >= 15 is 0 Å². The lowest BCUT2D eigenvalue weighted by Gasteiger charge is -2.33. The Morgan fingerprint density at radius 1 is 1.12 bits per heavy atom. The van der Waals surface area contributed by atoms with Crippen molar-refractivity contribution < 1.29 is 22.7 Å². The van der Waals surface area contributed by atoms with Crippen LogP contribution in [0.3, 0.4) is 0 Å². The van der Waals surface area contributed by atoms with Crippen molar-refractivity contribution in [3.8, 4) is 17.0 Å². The van der Waals surface area contributed by atoms with E-state index < -0.39 is 17.5 Å². The third-order valence-electron chi connectivity index (χ3n) is 6.32. The summed E-state index contributed by atoms with van der Waals surface area (Å²) in [6.07, 6.45) is 2.38. The van der Waals surface area contributed by atoms with Gasteiger partial charge < -0.3 is 9.64 Å². The second-order valence-electron chi connectivity index (χ2n) is 8.29. The van der Waals surface area contributed by atoms with Crippen LogP contribution in [0.2, 0.25) is 0 Å². The Morgan fingerprint density at radius 2 is 1.88 bits per heavy atom. The van der Waals surface area contributed by atoms with Gasteiger partial charge in [0.15, 0.2) is 17.5 Å². The fraction of sp³-hybridized carbons (Fsp3) is 0.333. The van der Waals surface area contributed by atoms with Crippen molar-refractivity contribution in [2.24, 2.45) is 7.05 Å². The lowest BCUT2D eigenvalue weighted by molar-refractivity contribution is 0.0673. The lowest BCUT2D eigenvalue weighted by atomic mass is 9.94. The summed E-state index contributed by atoms with van der Waals surface area (Å²) >= 11 is 0. The molecule has 0 radical (unpaired) electrons. The Hall–Kier alpha value is -3.29. The van der Waals surface area contributed by atoms with E-state index in [1.165, 1.54) is 4.68 Å². The average molecular weight is 441 g/mol. The van der Waals surface area contributed by atoms with E-state index in [-0.39, 0.29) is 17.5 Å². The molecule has 0 spiro atoms. The zero-order valence-electron chi connectivity index (χ0n) is 17.8. The quantitative estimate of drug-likeness (QED) is 0.547. The Balaban J connectivity index is 1.48. The number of hydrogen-bond acceptors (Lipinski definition) is 3. The molecule has 0 aliphatic carbocycles. The summed E-state index contributed by atoms with van der Waals surface area (Å²) in [6, 6.07) is 7.19. The zero-order chi connectivity index (χ0) is 22.6. The first-order valence-electron chi connectivity index (χ1n) is 10.6. The number of carbonyl (C=O) groups excluding carboxylic acids is 1. The van der Waals surface area contributed by atoms with Gasteiger partial charge in [-0.2, -0.15) is 5.10 Å². The van der Waals surface area contributed by atoms with Crippen molar-refractivity contribution in [1.29, 1.82) is 0 Å². The first-order chi connectivity index (χ1) is 15.3. The summed E-state index contributed by atoms with van der Waals surface area (Å²) in [7, 11) is 1.67. The highest BCUT2D eigenvalue weighted by molar-refractivity contribution is 5.95. The summed E-state index contributed by atoms with van der Waals surface area (Å²) in [5.41, 5.74) is 3.88. The molecule has 1 amide bonds. The van der Waals surface area contributed by atoms with Gasteiger partial charge in [0.05, 0.1) is 24.0 Å². The Bertz CT molecular complexity index is 1210. The van der Waals surface area contributed by atoms with Gasteiger partial charge in [0.1, 0.15) is 5.75 Å². The van der Waals surface area contributed by atoms with Crippen molar-refractivity contribution in [2.45, 2.75) is 32.2 Å². The van der Waals surface area contributed by atoms with Crippen molar-refractivity contribution in [3.05, 3.63) is 70.2 Å². The summed E-state index contributed by atoms with van der Waals surface area (Å²) in [4.78, 5) is 15.0. The molecule has 0 saturated heterocycles. The van der Waals surface area contributed by atoms with Crippen molar-refractivity contribution in [3.63, 3.8) is 0 Å². The molecule has 2 aromatic carbocycles. The third-order valence-corrected chi connectivity index (χ3v) is 6.32. The molecule has 0 unspecified atom stereocenters. The van der Waals surface area contributed by atoms with Crippen LogP contribution in [-0.2, 0) is 19.9 Å². The molecule has 166 valence electrons. The molecule has 1 atom stereocenters. The Morgan fingerprint density at radius 3 is 2.62 bits per heavy atom. The van der Waals surface area contributed by atoms with Gasteiger partial charge in [0.2, 0.25) is 0 Å². The van der Waals surface area contributed by atoms with Gasteiger partial charge in [-0.25, -0.2) is 13.2 Å². The maximum atomic E-state index is 13.8. The number of aromatic nitrogens is 2. The van der Waals surface area contributed by atoms with Crippen LogP contribution in [0.1, 0.15) is 46.6 Å². The van der Waals surface area contributed by atoms with E-state index in [0.717, 1.165) is 41.9 Å². The fourth-order valence-electron chi connectivity index (χ4n) is 4.71. The Kier molecular flexibility index (Phi) is 4.95. The van der Waals surface area contributed by atoms with Crippen LogP contribution in [-0.4, -0.2) is 33.7 Å². The highest BCUT2D eigenvalue weighted by Gasteiger charge is 2.34. The molecule has 0 bridgehead atoms. The molecule has 2 aliphatic heterocycles. The van der Waals surface area contributed by atoms with Crippen LogP contribution < -0.4 is 4.74 Å². The van der Waals surface area contributed by atoms with Crippen LogP contribution >= 0.6 is 0 Å². The van der Waals surface area contributed by atoms with Crippen molar-refractivity contribution in [1.82, 2.24) is 14.7 Å². The topological polar surface area (TPSA) is 47.4 Å². The van der Waals surface area contributed by atoms with Gasteiger partial charge in [-0.15, -0.1) is 0 Å². The van der Waals surface area contributed by atoms with Gasteiger partial charge in [0, 0.05) is 30.3 Å². The predicted molar refractivity (Wildman–Crippen MR) is 112 cm³/mol. The van der Waals surface area contributed by atoms with Crippen LogP contribution in [0, 0.1) is 17.5 Å². The number of fused-ring (bicyclic) bond motifs is 2. The van der Waals surface area contributed by atoms with Gasteiger partial charge in [-0.05, 0) is 56.0 Å². The molecule has 3 aromatic rings. The van der Waals surface area contributed by atoms with Crippen molar-refractivity contribution in [2.75, 3.05) is 13.2 Å². The van der Waals surface area contributed by atoms with Crippen LogP contribution in [0.4, 0.5) is 13.2 Å². The number of carbonyl (C=O) groups is 1. The summed E-state index contributed by atoms with van der Waals surface area (Å²) in [6.45, 7) is 2.96. The van der Waals surface area contributed by atoms with Crippen molar-refractivity contribution >= 4 is 5.91 Å². The number of halogens is 3. The SMILES string of the molecule is C[C@H]1c2nn(C)c(-c3cc(F)c(F)c(F)c3)c2CCN1C(=O)c1ccc2c(c1)OCCC2. The van der Waals surface area contributed by atoms with Crippen LogP contribution in [0.25, 0.3) is 11.3 Å². The van der Waals surface area contributed by atoms with E-state index in [0.29, 0.717) is 36.5 Å². The number of aryl methyl sites for hydroxylation is 2. The number of amides is 1. The minimum atomic E-state index is -1.50. The second-order valence-corrected chi connectivity index (χ2v) is 8.29. The van der Waals surface area contributed by atoms with Gasteiger partial charge in [-0.3, -0.25) is 9.48 Å². The maximum absolute atomic E-state index is 13.8. The minimum Gasteiger partial charge on any atom is -0.493 e. The summed E-state index contributed by atoms with van der Waals surface area (Å²) in [5.74, 6) is -3.35. The van der Waals surface area contributed by atoms with E-state index in [2.05, 4.69) is 5.10 Å². The first-order valence-corrected chi connectivity index (χ1v) is 10.6. The summed E-state index contributed by atoms with van der Waals surface area (Å²) in [5, 5.41) is 4.55. The average Bonchev–Trinajstić information content (AvgIpc) is 3.13. The van der Waals surface area contributed by atoms with Gasteiger partial charge in [-0.1, -0.05) is 6.07 Å². The second kappa shape index (κ2) is 7.69. The van der Waals surface area contributed by atoms with E-state index in [1.807, 2.05) is 19.1 Å². The molecular weight excluding hydrogens is 419 g/mol. The first kappa shape index (κ1) is 20.6. The summed E-state index contributed by atoms with van der Waals surface area (Å²) < 4.78 is 48.4. The molecule has 5 nitrogen and oxygen atoms in total. The number of hydrogen-bond donors (Lipinski definition) is 0. The molecule has 32 heavy (non-hydrogen) atoms. The molecule has 3 heterocycles. The van der Waals surface area contributed by atoms with E-state index in [9.17, 15) is 18.0 Å². The van der Waals surface area contributed by atoms with Gasteiger partial charge >= 0.3 is 0 Å². The monoisotopic (exact) mass is 441 g/mol. The fourth-order valence-corrected chi connectivity index (χ4v) is 4.71. The molecule has 5 rings (SSSR count). The smallest absolute Gasteiger partial charge is 0.254 e. The standard InChI is InChI=1S/C24H22F3N3O2/c1-13-22-17(23(29(2)28-22)16-10-18(25)21(27)19(26)11-16)7-8-30(13)24(31)15-6-5-14-4-3-9-32-20(14)12-15/h5-6,10-13H,3-4,7-9H2,1-2H3/t13-/m0/s1. The highest BCUT2D eigenvalue weighted by Crippen LogP contribution is 2.37. The van der Waals surface area contributed by atoms with E-state index in [1.54, 1.807) is 18.0 Å². The number of ether oxygens (including phenoxy) is 1. The van der Waals surface area contributed by atoms with E-state index in [4.69, 9.17) is 4.74 Å². The highest BCUT2D eigenvalue weighted by atomic mass is 19.2. The van der Waals surface area contributed by atoms with Crippen LogP contribution in [0.15, 0.2) is 30.3 Å². The Labute approximate surface area is 183 Å². The number of nitrogens with zero attached hydrogens (tertiary/aromatic N) is 3. The molecule has 0 N–H and O–H groups in total. The molecular formula is C24H22F3N3O2. The lowest BCUT2D eigenvalue weighted by Crippen LogP contribution is -2.39. The van der Waals surface area contributed by atoms with Gasteiger partial charge in [0.25, 0.3) is 5.91 Å². The minimum absolute atomic E-state index is 0.119. The third kappa shape index (κ3) is 3.25. The predicted octanol–water partition coefficient (Wildman–Crippen LogP) is 4.59. The number of benzene rings is 2. The normalized spacial score (nSPS) is 17.5. The molecule has 0 saturated carbocycles.